The maximum Gasteiger partial charge on any atom is 0.417 e. The van der Waals surface area contributed by atoms with Gasteiger partial charge in [-0.25, -0.2) is 4.98 Å². The summed E-state index contributed by atoms with van der Waals surface area (Å²) < 4.78 is 38.3. The molecule has 0 amide bonds. The smallest absolute Gasteiger partial charge is 0.417 e. The molecule has 7 heteroatoms. The second kappa shape index (κ2) is 5.46. The van der Waals surface area contributed by atoms with E-state index in [9.17, 15) is 13.2 Å². The van der Waals surface area contributed by atoms with Gasteiger partial charge in [-0.05, 0) is 6.07 Å². The highest BCUT2D eigenvalue weighted by molar-refractivity contribution is 7.13. The van der Waals surface area contributed by atoms with Crippen LogP contribution in [-0.4, -0.2) is 10.1 Å². The molecule has 1 aromatic carbocycles. The largest absolute Gasteiger partial charge is 0.513 e. The minimum absolute atomic E-state index is 0.0583. The van der Waals surface area contributed by atoms with E-state index in [-0.39, 0.29) is 22.8 Å². The molecule has 0 aliphatic carbocycles. The van der Waals surface area contributed by atoms with Gasteiger partial charge in [0.1, 0.15) is 5.01 Å². The lowest BCUT2D eigenvalue weighted by atomic mass is 10.1. The van der Waals surface area contributed by atoms with Crippen molar-refractivity contribution in [2.24, 2.45) is 0 Å². The molecule has 20 heavy (non-hydrogen) atoms. The molecule has 0 spiro atoms. The molecule has 1 N–H and O–H groups in total. The first-order valence-corrected chi connectivity index (χ1v) is 6.72. The van der Waals surface area contributed by atoms with Crippen molar-refractivity contribution < 1.29 is 18.3 Å². The van der Waals surface area contributed by atoms with Gasteiger partial charge >= 0.3 is 6.18 Å². The highest BCUT2D eigenvalue weighted by atomic mass is 35.5. The molecule has 2 rings (SSSR count). The van der Waals surface area contributed by atoms with Crippen LogP contribution >= 0.6 is 22.9 Å². The Balaban J connectivity index is 2.43. The van der Waals surface area contributed by atoms with Crippen molar-refractivity contribution in [1.82, 2.24) is 4.98 Å². The van der Waals surface area contributed by atoms with E-state index in [2.05, 4.69) is 11.6 Å². The van der Waals surface area contributed by atoms with Crippen molar-refractivity contribution in [1.29, 1.82) is 0 Å². The SMILES string of the molecule is C=C(O)Cc1csc(-c2cccc(C(F)(F)F)c2Cl)n1. The Morgan fingerprint density at radius 1 is 1.40 bits per heavy atom. The minimum atomic E-state index is -4.51. The number of aliphatic hydroxyl groups excluding tert-OH is 1. The Bertz CT molecular complexity index is 651. The van der Waals surface area contributed by atoms with Gasteiger partial charge < -0.3 is 5.11 Å². The van der Waals surface area contributed by atoms with Crippen LogP contribution in [0.4, 0.5) is 13.2 Å². The summed E-state index contributed by atoms with van der Waals surface area (Å²) in [6.45, 7) is 3.34. The van der Waals surface area contributed by atoms with Crippen molar-refractivity contribution >= 4 is 22.9 Å². The van der Waals surface area contributed by atoms with Crippen molar-refractivity contribution in [2.45, 2.75) is 12.6 Å². The maximum atomic E-state index is 12.8. The molecule has 0 aliphatic rings. The van der Waals surface area contributed by atoms with Crippen LogP contribution in [0.3, 0.4) is 0 Å². The number of alkyl halides is 3. The van der Waals surface area contributed by atoms with E-state index in [0.29, 0.717) is 10.7 Å². The van der Waals surface area contributed by atoms with Gasteiger partial charge in [0.2, 0.25) is 0 Å². The molecule has 0 bridgehead atoms. The Hall–Kier alpha value is -1.53. The van der Waals surface area contributed by atoms with Crippen LogP contribution in [0.1, 0.15) is 11.3 Å². The van der Waals surface area contributed by atoms with Crippen LogP contribution in [0, 0.1) is 0 Å². The number of rotatable bonds is 3. The summed E-state index contributed by atoms with van der Waals surface area (Å²) in [5, 5.41) is 10.7. The van der Waals surface area contributed by atoms with Crippen LogP contribution in [0.5, 0.6) is 0 Å². The van der Waals surface area contributed by atoms with Crippen LogP contribution < -0.4 is 0 Å². The summed E-state index contributed by atoms with van der Waals surface area (Å²) in [5.74, 6) is -0.0583. The summed E-state index contributed by atoms with van der Waals surface area (Å²) in [7, 11) is 0. The molecular weight excluding hydrogens is 311 g/mol. The highest BCUT2D eigenvalue weighted by Crippen LogP contribution is 2.40. The zero-order valence-electron chi connectivity index (χ0n) is 10.0. The van der Waals surface area contributed by atoms with Crippen molar-refractivity contribution in [3.63, 3.8) is 0 Å². The van der Waals surface area contributed by atoms with E-state index in [1.54, 1.807) is 5.38 Å². The summed E-state index contributed by atoms with van der Waals surface area (Å²) >= 11 is 6.99. The number of hydrogen-bond acceptors (Lipinski definition) is 3. The summed E-state index contributed by atoms with van der Waals surface area (Å²) in [5.41, 5.74) is -0.132. The van der Waals surface area contributed by atoms with Gasteiger partial charge in [0, 0.05) is 17.4 Å². The fourth-order valence-corrected chi connectivity index (χ4v) is 2.87. The topological polar surface area (TPSA) is 33.1 Å². The molecular formula is C13H9ClF3NOS. The minimum Gasteiger partial charge on any atom is -0.513 e. The molecule has 0 fully saturated rings. The number of allylic oxidation sites excluding steroid dienone is 1. The molecule has 0 radical (unpaired) electrons. The number of thiazole rings is 1. The molecule has 0 saturated carbocycles. The molecule has 106 valence electrons. The Morgan fingerprint density at radius 2 is 2.10 bits per heavy atom. The average Bonchev–Trinajstić information content (AvgIpc) is 2.75. The number of aromatic nitrogens is 1. The molecule has 0 unspecified atom stereocenters. The van der Waals surface area contributed by atoms with Gasteiger partial charge in [0.15, 0.2) is 0 Å². The molecule has 0 aliphatic heterocycles. The summed E-state index contributed by atoms with van der Waals surface area (Å²) in [6, 6.07) is 3.69. The van der Waals surface area contributed by atoms with Crippen molar-refractivity contribution in [3.8, 4) is 10.6 Å². The van der Waals surface area contributed by atoms with Gasteiger partial charge in [-0.3, -0.25) is 0 Å². The summed E-state index contributed by atoms with van der Waals surface area (Å²) in [4.78, 5) is 4.15. The van der Waals surface area contributed by atoms with Crippen molar-refractivity contribution in [3.05, 3.63) is 52.2 Å². The first kappa shape index (κ1) is 14.9. The zero-order valence-corrected chi connectivity index (χ0v) is 11.6. The third kappa shape index (κ3) is 3.13. The van der Waals surface area contributed by atoms with Crippen molar-refractivity contribution in [2.75, 3.05) is 0 Å². The summed E-state index contributed by atoms with van der Waals surface area (Å²) in [6.07, 6.45) is -4.35. The van der Waals surface area contributed by atoms with Crippen LogP contribution in [0.25, 0.3) is 10.6 Å². The predicted octanol–water partition coefficient (Wildman–Crippen LogP) is 5.10. The Labute approximate surface area is 122 Å². The highest BCUT2D eigenvalue weighted by Gasteiger charge is 2.34. The normalized spacial score (nSPS) is 11.6. The number of hydrogen-bond donors (Lipinski definition) is 1. The van der Waals surface area contributed by atoms with E-state index in [1.807, 2.05) is 0 Å². The Kier molecular flexibility index (Phi) is 4.06. The van der Waals surface area contributed by atoms with Crippen LogP contribution in [0.2, 0.25) is 5.02 Å². The maximum absolute atomic E-state index is 12.8. The molecule has 2 aromatic rings. The molecule has 2 nitrogen and oxygen atoms in total. The molecule has 0 saturated heterocycles. The lowest BCUT2D eigenvalue weighted by Gasteiger charge is -2.10. The number of benzene rings is 1. The standard InChI is InChI=1S/C13H9ClF3NOS/c1-7(19)5-8-6-20-12(18-8)9-3-2-4-10(11(9)14)13(15,16)17/h2-4,6,19H,1,5H2. The van der Waals surface area contributed by atoms with Crippen LogP contribution in [0.15, 0.2) is 35.9 Å². The van der Waals surface area contributed by atoms with E-state index >= 15 is 0 Å². The van der Waals surface area contributed by atoms with Gasteiger partial charge in [-0.15, -0.1) is 11.3 Å². The number of halogens is 4. The van der Waals surface area contributed by atoms with E-state index in [4.69, 9.17) is 16.7 Å². The zero-order chi connectivity index (χ0) is 14.9. The third-order valence-electron chi connectivity index (χ3n) is 2.47. The average molecular weight is 320 g/mol. The molecule has 1 heterocycles. The van der Waals surface area contributed by atoms with Gasteiger partial charge in [-0.1, -0.05) is 30.3 Å². The lowest BCUT2D eigenvalue weighted by Crippen LogP contribution is -2.06. The first-order valence-electron chi connectivity index (χ1n) is 5.46. The fraction of sp³-hybridized carbons (Fsp3) is 0.154. The predicted molar refractivity (Wildman–Crippen MR) is 73.0 cm³/mol. The molecule has 0 atom stereocenters. The fourth-order valence-electron chi connectivity index (χ4n) is 1.64. The first-order chi connectivity index (χ1) is 9.29. The van der Waals surface area contributed by atoms with E-state index < -0.39 is 11.7 Å². The second-order valence-electron chi connectivity index (χ2n) is 4.05. The third-order valence-corrected chi connectivity index (χ3v) is 3.80. The monoisotopic (exact) mass is 319 g/mol. The number of aliphatic hydroxyl groups is 1. The second-order valence-corrected chi connectivity index (χ2v) is 5.29. The molecule has 1 aromatic heterocycles. The van der Waals surface area contributed by atoms with E-state index in [1.165, 1.54) is 12.1 Å². The quantitative estimate of drug-likeness (QED) is 0.799. The van der Waals surface area contributed by atoms with Gasteiger partial charge in [0.05, 0.1) is 22.0 Å². The van der Waals surface area contributed by atoms with E-state index in [0.717, 1.165) is 17.4 Å². The number of nitrogens with zero attached hydrogens (tertiary/aromatic N) is 1. The van der Waals surface area contributed by atoms with Crippen LogP contribution in [-0.2, 0) is 12.6 Å². The van der Waals surface area contributed by atoms with Gasteiger partial charge in [0.25, 0.3) is 0 Å². The van der Waals surface area contributed by atoms with Gasteiger partial charge in [-0.2, -0.15) is 13.2 Å². The lowest BCUT2D eigenvalue weighted by molar-refractivity contribution is -0.137. The Morgan fingerprint density at radius 3 is 2.70 bits per heavy atom.